The summed E-state index contributed by atoms with van der Waals surface area (Å²) in [5, 5.41) is 14.5. The van der Waals surface area contributed by atoms with Crippen molar-refractivity contribution < 1.29 is 23.1 Å². The minimum atomic E-state index is -3.20. The van der Waals surface area contributed by atoms with Crippen LogP contribution >= 0.6 is 0 Å². The van der Waals surface area contributed by atoms with Crippen molar-refractivity contribution in [2.75, 3.05) is 30.3 Å². The van der Waals surface area contributed by atoms with Gasteiger partial charge in [-0.15, -0.1) is 0 Å². The summed E-state index contributed by atoms with van der Waals surface area (Å²) in [6, 6.07) is 5.99. The summed E-state index contributed by atoms with van der Waals surface area (Å²) in [6.07, 6.45) is 5.26. The first-order chi connectivity index (χ1) is 15.3. The second kappa shape index (κ2) is 8.08. The van der Waals surface area contributed by atoms with Crippen molar-refractivity contribution in [1.82, 2.24) is 14.1 Å². The quantitative estimate of drug-likeness (QED) is 0.710. The van der Waals surface area contributed by atoms with Crippen LogP contribution in [0.3, 0.4) is 0 Å². The molecule has 0 radical (unpaired) electrons. The second-order valence-electron chi connectivity index (χ2n) is 8.81. The Hall–Kier alpha value is -2.59. The van der Waals surface area contributed by atoms with E-state index in [-0.39, 0.29) is 24.9 Å². The molecule has 1 N–H and O–H groups in total. The molecule has 0 bridgehead atoms. The van der Waals surface area contributed by atoms with Crippen LogP contribution in [-0.4, -0.2) is 65.2 Å². The largest absolute Gasteiger partial charge is 0.491 e. The highest BCUT2D eigenvalue weighted by molar-refractivity contribution is 7.89. The molecule has 0 spiro atoms. The number of nitrogens with zero attached hydrogens (tertiary/aromatic N) is 4. The van der Waals surface area contributed by atoms with Gasteiger partial charge in [0.1, 0.15) is 12.4 Å². The molecule has 32 heavy (non-hydrogen) atoms. The van der Waals surface area contributed by atoms with E-state index in [0.717, 1.165) is 29.7 Å². The molecule has 2 aliphatic heterocycles. The van der Waals surface area contributed by atoms with Crippen LogP contribution in [0.15, 0.2) is 24.4 Å². The Balaban J connectivity index is 1.49. The van der Waals surface area contributed by atoms with E-state index in [1.807, 2.05) is 36.0 Å². The van der Waals surface area contributed by atoms with Crippen LogP contribution in [0.5, 0.6) is 5.75 Å². The number of sulfonamides is 1. The lowest BCUT2D eigenvalue weighted by Crippen LogP contribution is -2.41. The van der Waals surface area contributed by atoms with Gasteiger partial charge in [0.2, 0.25) is 10.0 Å². The van der Waals surface area contributed by atoms with Crippen molar-refractivity contribution in [2.45, 2.75) is 51.1 Å². The van der Waals surface area contributed by atoms with Crippen molar-refractivity contribution in [3.8, 4) is 17.0 Å². The predicted molar refractivity (Wildman–Crippen MR) is 120 cm³/mol. The fraction of sp³-hybridized carbons (Fsp3) is 0.545. The number of aromatic nitrogens is 2. The van der Waals surface area contributed by atoms with Gasteiger partial charge in [-0.25, -0.2) is 13.2 Å². The van der Waals surface area contributed by atoms with E-state index in [4.69, 9.17) is 9.84 Å². The van der Waals surface area contributed by atoms with Gasteiger partial charge in [-0.1, -0.05) is 0 Å². The van der Waals surface area contributed by atoms with Gasteiger partial charge in [0.25, 0.3) is 0 Å². The molecule has 9 nitrogen and oxygen atoms in total. The van der Waals surface area contributed by atoms with Crippen LogP contribution in [0.25, 0.3) is 11.3 Å². The number of amides is 1. The van der Waals surface area contributed by atoms with Crippen LogP contribution in [0, 0.1) is 0 Å². The molecule has 1 aromatic heterocycles. The van der Waals surface area contributed by atoms with Crippen molar-refractivity contribution in [1.29, 1.82) is 0 Å². The summed E-state index contributed by atoms with van der Waals surface area (Å²) in [7, 11) is -3.20. The number of ether oxygens (including phenoxy) is 1. The number of hydrogen-bond donors (Lipinski definition) is 1. The third-order valence-electron chi connectivity index (χ3n) is 6.55. The molecule has 1 aliphatic carbocycles. The molecule has 172 valence electrons. The summed E-state index contributed by atoms with van der Waals surface area (Å²) in [4.78, 5) is 13.3. The molecule has 1 atom stereocenters. The topological polar surface area (TPSA) is 105 Å². The lowest BCUT2D eigenvalue weighted by Gasteiger charge is -2.34. The third kappa shape index (κ3) is 3.86. The molecule has 1 amide bonds. The van der Waals surface area contributed by atoms with Crippen LogP contribution in [-0.2, 0) is 16.4 Å². The van der Waals surface area contributed by atoms with E-state index in [2.05, 4.69) is 0 Å². The average molecular weight is 461 g/mol. The fourth-order valence-corrected chi connectivity index (χ4v) is 6.19. The summed E-state index contributed by atoms with van der Waals surface area (Å²) >= 11 is 0. The van der Waals surface area contributed by atoms with E-state index in [1.54, 1.807) is 0 Å². The standard InChI is InChI=1S/C22H28N4O5S/c1-15-3-6-18-20(26(15)22(27)28)8-7-17(19-9-11-25(23-19)16-4-5-16)21(18)31-13-12-24-10-2-14-32(24,29)30/h7-9,11,15-16H,2-6,10,12-14H2,1H3,(H,27,28)/t15-/m0/s1. The van der Waals surface area contributed by atoms with E-state index < -0.39 is 16.1 Å². The summed E-state index contributed by atoms with van der Waals surface area (Å²) < 4.78 is 33.9. The SMILES string of the molecule is C[C@H]1CCc2c(ccc(-c3ccn(C4CC4)n3)c2OCCN2CCCS2(=O)=O)N1C(=O)O. The Labute approximate surface area is 187 Å². The lowest BCUT2D eigenvalue weighted by molar-refractivity contribution is 0.198. The van der Waals surface area contributed by atoms with Crippen LogP contribution < -0.4 is 9.64 Å². The van der Waals surface area contributed by atoms with Gasteiger partial charge in [0.05, 0.1) is 23.2 Å². The summed E-state index contributed by atoms with van der Waals surface area (Å²) in [5.74, 6) is 0.793. The van der Waals surface area contributed by atoms with E-state index in [1.165, 1.54) is 9.21 Å². The van der Waals surface area contributed by atoms with Gasteiger partial charge < -0.3 is 9.84 Å². The number of hydrogen-bond acceptors (Lipinski definition) is 5. The zero-order valence-electron chi connectivity index (χ0n) is 18.1. The molecule has 0 unspecified atom stereocenters. The zero-order chi connectivity index (χ0) is 22.5. The highest BCUT2D eigenvalue weighted by Gasteiger charge is 2.33. The van der Waals surface area contributed by atoms with Gasteiger partial charge in [0, 0.05) is 36.5 Å². The first kappa shape index (κ1) is 21.3. The molecular formula is C22H28N4O5S. The van der Waals surface area contributed by atoms with Crippen LogP contribution in [0.1, 0.15) is 44.2 Å². The second-order valence-corrected chi connectivity index (χ2v) is 10.9. The summed E-state index contributed by atoms with van der Waals surface area (Å²) in [6.45, 7) is 2.90. The van der Waals surface area contributed by atoms with Gasteiger partial charge >= 0.3 is 6.09 Å². The number of anilines is 1. The molecule has 10 heteroatoms. The average Bonchev–Trinajstić information content (AvgIpc) is 3.38. The highest BCUT2D eigenvalue weighted by atomic mass is 32.2. The van der Waals surface area contributed by atoms with Gasteiger partial charge in [-0.2, -0.15) is 9.40 Å². The van der Waals surface area contributed by atoms with E-state index in [0.29, 0.717) is 43.3 Å². The molecule has 3 aliphatic rings. The van der Waals surface area contributed by atoms with Gasteiger partial charge in [-0.05, 0) is 57.2 Å². The molecule has 1 saturated carbocycles. The maximum absolute atomic E-state index is 12.1. The highest BCUT2D eigenvalue weighted by Crippen LogP contribution is 2.43. The number of carboxylic acid groups (broad SMARTS) is 1. The zero-order valence-corrected chi connectivity index (χ0v) is 18.9. The molecule has 1 saturated heterocycles. The molecule has 1 aromatic carbocycles. The monoisotopic (exact) mass is 460 g/mol. The molecule has 5 rings (SSSR count). The molecule has 2 fully saturated rings. The van der Waals surface area contributed by atoms with Crippen molar-refractivity contribution in [3.05, 3.63) is 30.0 Å². The Morgan fingerprint density at radius 3 is 2.75 bits per heavy atom. The minimum absolute atomic E-state index is 0.123. The maximum atomic E-state index is 12.1. The van der Waals surface area contributed by atoms with Crippen LogP contribution in [0.4, 0.5) is 10.5 Å². The minimum Gasteiger partial charge on any atom is -0.491 e. The van der Waals surface area contributed by atoms with E-state index >= 15 is 0 Å². The number of fused-ring (bicyclic) bond motifs is 1. The van der Waals surface area contributed by atoms with Crippen molar-refractivity contribution in [2.24, 2.45) is 0 Å². The Bertz CT molecular complexity index is 1140. The Morgan fingerprint density at radius 1 is 1.25 bits per heavy atom. The van der Waals surface area contributed by atoms with Crippen molar-refractivity contribution >= 4 is 21.8 Å². The number of rotatable bonds is 6. The Kier molecular flexibility index (Phi) is 5.37. The third-order valence-corrected chi connectivity index (χ3v) is 8.51. The van der Waals surface area contributed by atoms with Gasteiger partial charge in [0.15, 0.2) is 0 Å². The normalized spacial score (nSPS) is 22.7. The Morgan fingerprint density at radius 2 is 2.06 bits per heavy atom. The number of carbonyl (C=O) groups is 1. The lowest BCUT2D eigenvalue weighted by atomic mass is 9.93. The first-order valence-corrected chi connectivity index (χ1v) is 12.8. The molecular weight excluding hydrogens is 432 g/mol. The first-order valence-electron chi connectivity index (χ1n) is 11.2. The maximum Gasteiger partial charge on any atom is 0.412 e. The fourth-order valence-electron chi connectivity index (χ4n) is 4.68. The molecule has 2 aromatic rings. The van der Waals surface area contributed by atoms with Gasteiger partial charge in [-0.3, -0.25) is 9.58 Å². The van der Waals surface area contributed by atoms with Crippen LogP contribution in [0.2, 0.25) is 0 Å². The smallest absolute Gasteiger partial charge is 0.412 e. The summed E-state index contributed by atoms with van der Waals surface area (Å²) in [5.41, 5.74) is 3.06. The number of benzene rings is 1. The van der Waals surface area contributed by atoms with Crippen molar-refractivity contribution in [3.63, 3.8) is 0 Å². The predicted octanol–water partition coefficient (Wildman–Crippen LogP) is 3.12. The molecule has 3 heterocycles. The van der Waals surface area contributed by atoms with E-state index in [9.17, 15) is 18.3 Å².